The summed E-state index contributed by atoms with van der Waals surface area (Å²) in [6.45, 7) is 2.81. The van der Waals surface area contributed by atoms with E-state index in [1.165, 1.54) is 19.1 Å². The van der Waals surface area contributed by atoms with Crippen LogP contribution in [0.3, 0.4) is 0 Å². The van der Waals surface area contributed by atoms with Gasteiger partial charge in [-0.2, -0.15) is 0 Å². The number of aliphatic hydroxyl groups is 1. The first kappa shape index (κ1) is 16.4. The van der Waals surface area contributed by atoms with Gasteiger partial charge in [0.05, 0.1) is 17.6 Å². The number of rotatable bonds is 6. The van der Waals surface area contributed by atoms with Crippen molar-refractivity contribution in [1.82, 2.24) is 0 Å². The Bertz CT molecular complexity index is 517. The molecular weight excluding hydrogens is 334 g/mol. The Labute approximate surface area is 123 Å². The second-order valence-electron chi connectivity index (χ2n) is 3.87. The zero-order valence-corrected chi connectivity index (χ0v) is 12.5. The van der Waals surface area contributed by atoms with Gasteiger partial charge in [-0.05, 0) is 19.9 Å². The number of carbonyl (C=O) groups is 1. The molecule has 0 aliphatic rings. The van der Waals surface area contributed by atoms with Crippen molar-refractivity contribution in [3.63, 3.8) is 0 Å². The van der Waals surface area contributed by atoms with Crippen LogP contribution >= 0.6 is 15.9 Å². The molecule has 20 heavy (non-hydrogen) atoms. The molecule has 110 valence electrons. The predicted molar refractivity (Wildman–Crippen MR) is 73.6 cm³/mol. The quantitative estimate of drug-likeness (QED) is 0.481. The lowest BCUT2D eigenvalue weighted by atomic mass is 10.1. The van der Waals surface area contributed by atoms with E-state index in [0.29, 0.717) is 4.47 Å². The summed E-state index contributed by atoms with van der Waals surface area (Å²) in [6.07, 6.45) is -0.983. The normalized spacial score (nSPS) is 11.8. The summed E-state index contributed by atoms with van der Waals surface area (Å²) in [7, 11) is 0. The van der Waals surface area contributed by atoms with Gasteiger partial charge in [0.2, 0.25) is 5.75 Å². The highest BCUT2D eigenvalue weighted by atomic mass is 79.9. The molecule has 1 rings (SSSR count). The summed E-state index contributed by atoms with van der Waals surface area (Å²) in [5.74, 6) is -0.775. The largest absolute Gasteiger partial charge is 0.475 e. The third-order valence-electron chi connectivity index (χ3n) is 2.35. The Kier molecular flexibility index (Phi) is 5.90. The standard InChI is InChI=1S/C12H14BrNO6/c1-3-19-11(16)6-20-12-9(7(2)15)4-8(13)5-10(12)14(17)18/h4-5,7,15H,3,6H2,1-2H3/t7-/m1/s1. The van der Waals surface area contributed by atoms with E-state index in [1.807, 2.05) is 0 Å². The Morgan fingerprint density at radius 2 is 2.20 bits per heavy atom. The summed E-state index contributed by atoms with van der Waals surface area (Å²) < 4.78 is 10.3. The number of nitro groups is 1. The maximum absolute atomic E-state index is 11.3. The van der Waals surface area contributed by atoms with Crippen LogP contribution in [0.1, 0.15) is 25.5 Å². The van der Waals surface area contributed by atoms with E-state index in [0.717, 1.165) is 0 Å². The molecule has 0 spiro atoms. The summed E-state index contributed by atoms with van der Waals surface area (Å²) in [6, 6.07) is 2.74. The molecule has 0 fully saturated rings. The fourth-order valence-electron chi connectivity index (χ4n) is 1.54. The van der Waals surface area contributed by atoms with Gasteiger partial charge in [0.15, 0.2) is 6.61 Å². The van der Waals surface area contributed by atoms with Gasteiger partial charge in [-0.25, -0.2) is 4.79 Å². The van der Waals surface area contributed by atoms with Crippen LogP contribution in [0, 0.1) is 10.1 Å². The Morgan fingerprint density at radius 1 is 1.55 bits per heavy atom. The molecule has 1 atom stereocenters. The van der Waals surface area contributed by atoms with Crippen LogP contribution in [-0.4, -0.2) is 29.2 Å². The first-order chi connectivity index (χ1) is 9.36. The van der Waals surface area contributed by atoms with Gasteiger partial charge in [0, 0.05) is 16.1 Å². The van der Waals surface area contributed by atoms with Crippen molar-refractivity contribution in [2.24, 2.45) is 0 Å². The van der Waals surface area contributed by atoms with Crippen LogP contribution in [0.5, 0.6) is 5.75 Å². The van der Waals surface area contributed by atoms with Crippen molar-refractivity contribution in [2.45, 2.75) is 20.0 Å². The number of ether oxygens (including phenoxy) is 2. The number of carbonyl (C=O) groups excluding carboxylic acids is 1. The topological polar surface area (TPSA) is 98.9 Å². The third kappa shape index (κ3) is 4.17. The summed E-state index contributed by atoms with van der Waals surface area (Å²) in [5.41, 5.74) is -0.116. The van der Waals surface area contributed by atoms with Gasteiger partial charge in [-0.3, -0.25) is 10.1 Å². The highest BCUT2D eigenvalue weighted by Crippen LogP contribution is 2.37. The number of esters is 1. The summed E-state index contributed by atoms with van der Waals surface area (Å²) in [4.78, 5) is 21.6. The SMILES string of the molecule is CCOC(=O)COc1c([C@@H](C)O)cc(Br)cc1[N+](=O)[O-]. The average Bonchev–Trinajstić information content (AvgIpc) is 2.36. The summed E-state index contributed by atoms with van der Waals surface area (Å²) in [5, 5.41) is 20.7. The van der Waals surface area contributed by atoms with Gasteiger partial charge in [-0.15, -0.1) is 0 Å². The minimum absolute atomic E-state index is 0.138. The van der Waals surface area contributed by atoms with Crippen LogP contribution in [0.2, 0.25) is 0 Å². The molecular formula is C12H14BrNO6. The average molecular weight is 348 g/mol. The van der Waals surface area contributed by atoms with Crippen molar-refractivity contribution < 1.29 is 24.3 Å². The number of halogens is 1. The van der Waals surface area contributed by atoms with Crippen molar-refractivity contribution >= 4 is 27.6 Å². The van der Waals surface area contributed by atoms with E-state index in [4.69, 9.17) is 4.74 Å². The molecule has 8 heteroatoms. The second-order valence-corrected chi connectivity index (χ2v) is 4.79. The number of nitrogens with zero attached hydrogens (tertiary/aromatic N) is 1. The molecule has 0 heterocycles. The zero-order valence-electron chi connectivity index (χ0n) is 11.0. The number of aliphatic hydroxyl groups excluding tert-OH is 1. The first-order valence-electron chi connectivity index (χ1n) is 5.81. The van der Waals surface area contributed by atoms with E-state index in [2.05, 4.69) is 20.7 Å². The van der Waals surface area contributed by atoms with E-state index in [9.17, 15) is 20.0 Å². The van der Waals surface area contributed by atoms with Crippen molar-refractivity contribution in [2.75, 3.05) is 13.2 Å². The molecule has 0 saturated heterocycles. The maximum Gasteiger partial charge on any atom is 0.344 e. The first-order valence-corrected chi connectivity index (χ1v) is 6.60. The van der Waals surface area contributed by atoms with Gasteiger partial charge in [0.25, 0.3) is 0 Å². The molecule has 0 aromatic heterocycles. The predicted octanol–water partition coefficient (Wildman–Crippen LogP) is 2.35. The Hall–Kier alpha value is -1.67. The number of hydrogen-bond donors (Lipinski definition) is 1. The van der Waals surface area contributed by atoms with E-state index in [-0.39, 0.29) is 23.6 Å². The lowest BCUT2D eigenvalue weighted by molar-refractivity contribution is -0.386. The second kappa shape index (κ2) is 7.20. The molecule has 0 aliphatic carbocycles. The highest BCUT2D eigenvalue weighted by Gasteiger charge is 2.24. The molecule has 1 aromatic carbocycles. The molecule has 0 amide bonds. The molecule has 0 unspecified atom stereocenters. The number of hydrogen-bond acceptors (Lipinski definition) is 6. The fourth-order valence-corrected chi connectivity index (χ4v) is 2.00. The molecule has 7 nitrogen and oxygen atoms in total. The molecule has 0 aliphatic heterocycles. The van der Waals surface area contributed by atoms with Gasteiger partial charge < -0.3 is 14.6 Å². The molecule has 1 aromatic rings. The molecule has 0 bridgehead atoms. The minimum atomic E-state index is -0.983. The number of nitro benzene ring substituents is 1. The van der Waals surface area contributed by atoms with Crippen molar-refractivity contribution in [1.29, 1.82) is 0 Å². The van der Waals surface area contributed by atoms with Crippen LogP contribution in [-0.2, 0) is 9.53 Å². The van der Waals surface area contributed by atoms with E-state index >= 15 is 0 Å². The Balaban J connectivity index is 3.13. The molecule has 0 radical (unpaired) electrons. The van der Waals surface area contributed by atoms with Crippen LogP contribution < -0.4 is 4.74 Å². The maximum atomic E-state index is 11.3. The lowest BCUT2D eigenvalue weighted by Crippen LogP contribution is -2.16. The summed E-state index contributed by atoms with van der Waals surface area (Å²) >= 11 is 3.13. The minimum Gasteiger partial charge on any atom is -0.475 e. The number of benzene rings is 1. The lowest BCUT2D eigenvalue weighted by Gasteiger charge is -2.13. The van der Waals surface area contributed by atoms with Crippen LogP contribution in [0.15, 0.2) is 16.6 Å². The van der Waals surface area contributed by atoms with E-state index < -0.39 is 23.6 Å². The monoisotopic (exact) mass is 347 g/mol. The Morgan fingerprint density at radius 3 is 2.70 bits per heavy atom. The van der Waals surface area contributed by atoms with Crippen molar-refractivity contribution in [3.05, 3.63) is 32.3 Å². The van der Waals surface area contributed by atoms with Crippen molar-refractivity contribution in [3.8, 4) is 5.75 Å². The smallest absolute Gasteiger partial charge is 0.344 e. The third-order valence-corrected chi connectivity index (χ3v) is 2.81. The van der Waals surface area contributed by atoms with Gasteiger partial charge in [0.1, 0.15) is 0 Å². The van der Waals surface area contributed by atoms with Gasteiger partial charge in [-0.1, -0.05) is 15.9 Å². The highest BCUT2D eigenvalue weighted by molar-refractivity contribution is 9.10. The fraction of sp³-hybridized carbons (Fsp3) is 0.417. The van der Waals surface area contributed by atoms with Crippen LogP contribution in [0.25, 0.3) is 0 Å². The molecule has 0 saturated carbocycles. The zero-order chi connectivity index (χ0) is 15.3. The van der Waals surface area contributed by atoms with E-state index in [1.54, 1.807) is 6.92 Å². The van der Waals surface area contributed by atoms with Gasteiger partial charge >= 0.3 is 11.7 Å². The van der Waals surface area contributed by atoms with Crippen LogP contribution in [0.4, 0.5) is 5.69 Å². The molecule has 1 N–H and O–H groups in total.